The molecule has 7 heteroatoms. The summed E-state index contributed by atoms with van der Waals surface area (Å²) in [6.07, 6.45) is 8.09. The van der Waals surface area contributed by atoms with Gasteiger partial charge >= 0.3 is 0 Å². The zero-order valence-corrected chi connectivity index (χ0v) is 17.9. The van der Waals surface area contributed by atoms with Crippen LogP contribution in [0, 0.1) is 11.7 Å². The molecule has 0 spiro atoms. The highest BCUT2D eigenvalue weighted by atomic mass is 19.1. The van der Waals surface area contributed by atoms with Crippen molar-refractivity contribution in [1.29, 1.82) is 0 Å². The molecule has 3 heterocycles. The van der Waals surface area contributed by atoms with Gasteiger partial charge in [0.15, 0.2) is 0 Å². The lowest BCUT2D eigenvalue weighted by Gasteiger charge is -2.32. The van der Waals surface area contributed by atoms with E-state index in [2.05, 4.69) is 15.3 Å². The van der Waals surface area contributed by atoms with Crippen molar-refractivity contribution in [1.82, 2.24) is 9.97 Å². The quantitative estimate of drug-likeness (QED) is 0.625. The summed E-state index contributed by atoms with van der Waals surface area (Å²) in [6, 6.07) is 11.1. The molecule has 1 aliphatic heterocycles. The molecular weight excluding hydrogens is 407 g/mol. The average molecular weight is 432 g/mol. The van der Waals surface area contributed by atoms with Crippen molar-refractivity contribution >= 4 is 23.1 Å². The predicted octanol–water partition coefficient (Wildman–Crippen LogP) is 5.08. The molecular formula is C25H25FN4O2. The molecule has 2 aliphatic rings. The fourth-order valence-corrected chi connectivity index (χ4v) is 4.66. The van der Waals surface area contributed by atoms with Crippen LogP contribution in [-0.2, 0) is 16.1 Å². The molecule has 5 rings (SSSR count). The standard InChI is InChI=1S/C25H25FN4O2/c1-32-19-7-4-16(5-8-19)25(31)30-15-18-3-2-11-28-24(18)29-22-9-6-17(13-23(22)30)20-10-12-27-14-21(20)26/h2-3,6,9-14,16,19H,4-5,7-8,15H2,1H3,(H,28,29)/t16-,19-. The minimum atomic E-state index is -0.394. The Kier molecular flexibility index (Phi) is 5.57. The first-order valence-corrected chi connectivity index (χ1v) is 10.9. The van der Waals surface area contributed by atoms with Gasteiger partial charge in [-0.3, -0.25) is 9.78 Å². The number of halogens is 1. The third kappa shape index (κ3) is 3.84. The molecule has 0 atom stereocenters. The number of ether oxygens (including phenoxy) is 1. The second-order valence-electron chi connectivity index (χ2n) is 8.36. The van der Waals surface area contributed by atoms with Crippen LogP contribution in [0.3, 0.4) is 0 Å². The minimum Gasteiger partial charge on any atom is -0.381 e. The summed E-state index contributed by atoms with van der Waals surface area (Å²) in [5.74, 6) is 0.366. The van der Waals surface area contributed by atoms with Crippen LogP contribution >= 0.6 is 0 Å². The molecule has 1 amide bonds. The molecule has 0 unspecified atom stereocenters. The first-order chi connectivity index (χ1) is 15.6. The molecule has 1 fully saturated rings. The Morgan fingerprint density at radius 3 is 2.78 bits per heavy atom. The Hall–Kier alpha value is -3.32. The van der Waals surface area contributed by atoms with Gasteiger partial charge in [-0.1, -0.05) is 12.1 Å². The molecule has 0 saturated heterocycles. The predicted molar refractivity (Wildman–Crippen MR) is 121 cm³/mol. The van der Waals surface area contributed by atoms with Gasteiger partial charge in [0.05, 0.1) is 30.2 Å². The number of hydrogen-bond donors (Lipinski definition) is 1. The van der Waals surface area contributed by atoms with Crippen LogP contribution in [0.4, 0.5) is 21.6 Å². The maximum Gasteiger partial charge on any atom is 0.230 e. The van der Waals surface area contributed by atoms with Crippen LogP contribution in [0.15, 0.2) is 55.0 Å². The van der Waals surface area contributed by atoms with Gasteiger partial charge in [-0.25, -0.2) is 9.37 Å². The Morgan fingerprint density at radius 1 is 1.16 bits per heavy atom. The Bertz CT molecular complexity index is 1140. The molecule has 32 heavy (non-hydrogen) atoms. The Balaban J connectivity index is 1.56. The highest BCUT2D eigenvalue weighted by Crippen LogP contribution is 2.40. The van der Waals surface area contributed by atoms with Crippen LogP contribution in [0.2, 0.25) is 0 Å². The smallest absolute Gasteiger partial charge is 0.230 e. The Morgan fingerprint density at radius 2 is 2.00 bits per heavy atom. The van der Waals surface area contributed by atoms with Crippen LogP contribution in [0.5, 0.6) is 0 Å². The van der Waals surface area contributed by atoms with Gasteiger partial charge in [-0.15, -0.1) is 0 Å². The molecule has 1 aromatic carbocycles. The first kappa shape index (κ1) is 20.6. The van der Waals surface area contributed by atoms with Crippen molar-refractivity contribution in [3.8, 4) is 11.1 Å². The second-order valence-corrected chi connectivity index (χ2v) is 8.36. The molecule has 1 N–H and O–H groups in total. The van der Waals surface area contributed by atoms with E-state index in [1.165, 1.54) is 6.20 Å². The van der Waals surface area contributed by atoms with Gasteiger partial charge in [0.25, 0.3) is 0 Å². The molecule has 164 valence electrons. The number of benzene rings is 1. The number of methoxy groups -OCH3 is 1. The SMILES string of the molecule is CO[C@H]1CC[C@H](C(=O)N2Cc3cccnc3Nc3ccc(-c4ccncc4F)cc32)CC1. The van der Waals surface area contributed by atoms with E-state index in [9.17, 15) is 9.18 Å². The average Bonchev–Trinajstić information content (AvgIpc) is 3.00. The van der Waals surface area contributed by atoms with Crippen molar-refractivity contribution in [2.24, 2.45) is 5.92 Å². The molecule has 1 saturated carbocycles. The molecule has 6 nitrogen and oxygen atoms in total. The molecule has 2 aromatic heterocycles. The summed E-state index contributed by atoms with van der Waals surface area (Å²) < 4.78 is 19.9. The van der Waals surface area contributed by atoms with E-state index in [1.807, 2.05) is 35.2 Å². The summed E-state index contributed by atoms with van der Waals surface area (Å²) in [7, 11) is 1.73. The van der Waals surface area contributed by atoms with Crippen molar-refractivity contribution < 1.29 is 13.9 Å². The van der Waals surface area contributed by atoms with Crippen LogP contribution in [0.25, 0.3) is 11.1 Å². The van der Waals surface area contributed by atoms with E-state index in [1.54, 1.807) is 25.6 Å². The summed E-state index contributed by atoms with van der Waals surface area (Å²) >= 11 is 0. The number of carbonyl (C=O) groups excluding carboxylic acids is 1. The zero-order chi connectivity index (χ0) is 22.1. The second kappa shape index (κ2) is 8.67. The minimum absolute atomic E-state index is 0.0613. The molecule has 0 bridgehead atoms. The summed E-state index contributed by atoms with van der Waals surface area (Å²) in [4.78, 5) is 23.9. The highest BCUT2D eigenvalue weighted by molar-refractivity contribution is 6.00. The van der Waals surface area contributed by atoms with Gasteiger partial charge < -0.3 is 15.0 Å². The normalized spacial score (nSPS) is 20.0. The van der Waals surface area contributed by atoms with E-state index >= 15 is 0 Å². The number of nitrogens with one attached hydrogen (secondary N) is 1. The van der Waals surface area contributed by atoms with Crippen LogP contribution < -0.4 is 10.2 Å². The van der Waals surface area contributed by atoms with Crippen molar-refractivity contribution in [3.63, 3.8) is 0 Å². The van der Waals surface area contributed by atoms with Crippen molar-refractivity contribution in [2.45, 2.75) is 38.3 Å². The lowest BCUT2D eigenvalue weighted by Crippen LogP contribution is -2.38. The number of amides is 1. The third-order valence-corrected chi connectivity index (χ3v) is 6.47. The highest BCUT2D eigenvalue weighted by Gasteiger charge is 2.33. The number of anilines is 3. The summed E-state index contributed by atoms with van der Waals surface area (Å²) in [6.45, 7) is 0.411. The number of pyridine rings is 2. The van der Waals surface area contributed by atoms with Gasteiger partial charge in [-0.2, -0.15) is 0 Å². The van der Waals surface area contributed by atoms with E-state index in [0.29, 0.717) is 17.7 Å². The van der Waals surface area contributed by atoms with Gasteiger partial charge in [0, 0.05) is 36.5 Å². The number of nitrogens with zero attached hydrogens (tertiary/aromatic N) is 3. The fourth-order valence-electron chi connectivity index (χ4n) is 4.66. The number of carbonyl (C=O) groups is 1. The molecule has 3 aromatic rings. The van der Waals surface area contributed by atoms with Crippen molar-refractivity contribution in [2.75, 3.05) is 17.3 Å². The fraction of sp³-hybridized carbons (Fsp3) is 0.320. The van der Waals surface area contributed by atoms with E-state index in [0.717, 1.165) is 48.4 Å². The number of rotatable bonds is 3. The summed E-state index contributed by atoms with van der Waals surface area (Å²) in [5.41, 5.74) is 3.61. The van der Waals surface area contributed by atoms with Gasteiger partial charge in [0.2, 0.25) is 5.91 Å². The van der Waals surface area contributed by atoms with Gasteiger partial charge in [0.1, 0.15) is 11.6 Å². The molecule has 0 radical (unpaired) electrons. The first-order valence-electron chi connectivity index (χ1n) is 10.9. The van der Waals surface area contributed by atoms with Crippen LogP contribution in [-0.4, -0.2) is 29.1 Å². The van der Waals surface area contributed by atoms with E-state index in [4.69, 9.17) is 4.74 Å². The number of fused-ring (bicyclic) bond motifs is 2. The lowest BCUT2D eigenvalue weighted by molar-refractivity contribution is -0.124. The zero-order valence-electron chi connectivity index (χ0n) is 17.9. The van der Waals surface area contributed by atoms with Gasteiger partial charge in [-0.05, 0) is 55.5 Å². The summed E-state index contributed by atoms with van der Waals surface area (Å²) in [5, 5.41) is 3.37. The largest absolute Gasteiger partial charge is 0.381 e. The van der Waals surface area contributed by atoms with E-state index in [-0.39, 0.29) is 17.9 Å². The van der Waals surface area contributed by atoms with Crippen LogP contribution in [0.1, 0.15) is 31.2 Å². The van der Waals surface area contributed by atoms with E-state index < -0.39 is 5.82 Å². The topological polar surface area (TPSA) is 67.3 Å². The Labute approximate surface area is 186 Å². The maximum absolute atomic E-state index is 14.4. The van der Waals surface area contributed by atoms with Crippen molar-refractivity contribution in [3.05, 3.63) is 66.4 Å². The number of aromatic nitrogens is 2. The maximum atomic E-state index is 14.4. The lowest BCUT2D eigenvalue weighted by atomic mass is 9.86. The number of hydrogen-bond acceptors (Lipinski definition) is 5. The molecule has 1 aliphatic carbocycles. The monoisotopic (exact) mass is 432 g/mol. The third-order valence-electron chi connectivity index (χ3n) is 6.47.